The van der Waals surface area contributed by atoms with Crippen molar-refractivity contribution in [3.05, 3.63) is 71.4 Å². The van der Waals surface area contributed by atoms with Crippen molar-refractivity contribution in [3.63, 3.8) is 0 Å². The molecule has 0 aliphatic heterocycles. The first-order chi connectivity index (χ1) is 16.5. The first-order valence-corrected chi connectivity index (χ1v) is 11.1. The number of carbonyl (C=O) groups excluding carboxylic acids is 1. The number of hydrogen-bond donors (Lipinski definition) is 4. The number of anilines is 2. The molecule has 0 saturated heterocycles. The summed E-state index contributed by atoms with van der Waals surface area (Å²) < 4.78 is 43.0. The molecular formula is C25H25F3N4O3. The Morgan fingerprint density at radius 1 is 1.17 bits per heavy atom. The third kappa shape index (κ3) is 4.59. The van der Waals surface area contributed by atoms with Gasteiger partial charge in [-0.1, -0.05) is 13.0 Å². The summed E-state index contributed by atoms with van der Waals surface area (Å²) in [7, 11) is 0. The normalized spacial score (nSPS) is 24.3. The maximum Gasteiger partial charge on any atom is 0.276 e. The Kier molecular flexibility index (Phi) is 6.52. The lowest BCUT2D eigenvalue weighted by Gasteiger charge is -2.43. The van der Waals surface area contributed by atoms with Crippen LogP contribution >= 0.6 is 0 Å². The maximum absolute atomic E-state index is 14.5. The number of aromatic nitrogens is 2. The molecule has 0 bridgehead atoms. The highest BCUT2D eigenvalue weighted by Crippen LogP contribution is 2.43. The van der Waals surface area contributed by atoms with Gasteiger partial charge in [0.25, 0.3) is 5.91 Å². The van der Waals surface area contributed by atoms with Crippen LogP contribution in [0.3, 0.4) is 0 Å². The summed E-state index contributed by atoms with van der Waals surface area (Å²) in [6, 6.07) is 5.52. The third-order valence-corrected chi connectivity index (χ3v) is 6.78. The zero-order valence-electron chi connectivity index (χ0n) is 19.1. The molecule has 35 heavy (non-hydrogen) atoms. The molecule has 5 N–H and O–H groups in total. The van der Waals surface area contributed by atoms with E-state index in [0.29, 0.717) is 17.7 Å². The molecule has 4 atom stereocenters. The van der Waals surface area contributed by atoms with Crippen LogP contribution in [0.5, 0.6) is 0 Å². The van der Waals surface area contributed by atoms with Crippen LogP contribution < -0.4 is 11.1 Å². The van der Waals surface area contributed by atoms with E-state index < -0.39 is 52.0 Å². The molecule has 1 saturated carbocycles. The van der Waals surface area contributed by atoms with Crippen LogP contribution in [0.1, 0.15) is 48.7 Å². The third-order valence-electron chi connectivity index (χ3n) is 6.78. The molecule has 0 unspecified atom stereocenters. The molecule has 4 rings (SSSR count). The summed E-state index contributed by atoms with van der Waals surface area (Å²) in [6.07, 6.45) is 2.79. The van der Waals surface area contributed by atoms with E-state index in [9.17, 15) is 28.2 Å². The van der Waals surface area contributed by atoms with Gasteiger partial charge in [0.05, 0.1) is 34.8 Å². The Balaban J connectivity index is 1.67. The predicted octanol–water partition coefficient (Wildman–Crippen LogP) is 4.02. The fraction of sp³-hybridized carbons (Fsp3) is 0.320. The zero-order valence-corrected chi connectivity index (χ0v) is 19.1. The van der Waals surface area contributed by atoms with Gasteiger partial charge in [-0.05, 0) is 55.4 Å². The number of pyridine rings is 2. The van der Waals surface area contributed by atoms with E-state index >= 15 is 0 Å². The number of nitrogens with zero attached hydrogens (tertiary/aromatic N) is 2. The molecule has 1 amide bonds. The Bertz CT molecular complexity index is 1250. The second-order valence-electron chi connectivity index (χ2n) is 9.08. The van der Waals surface area contributed by atoms with Crippen molar-refractivity contribution >= 4 is 17.3 Å². The Morgan fingerprint density at radius 3 is 2.51 bits per heavy atom. The summed E-state index contributed by atoms with van der Waals surface area (Å²) >= 11 is 0. The first kappa shape index (κ1) is 24.6. The fourth-order valence-electron chi connectivity index (χ4n) is 4.48. The molecule has 0 radical (unpaired) electrons. The van der Waals surface area contributed by atoms with Crippen molar-refractivity contribution in [1.29, 1.82) is 0 Å². The van der Waals surface area contributed by atoms with E-state index in [1.807, 2.05) is 6.92 Å². The second kappa shape index (κ2) is 9.27. The highest BCUT2D eigenvalue weighted by atomic mass is 19.1. The van der Waals surface area contributed by atoms with Crippen molar-refractivity contribution < 1.29 is 28.2 Å². The molecule has 0 spiro atoms. The minimum Gasteiger partial charge on any atom is -0.397 e. The van der Waals surface area contributed by atoms with Crippen LogP contribution in [-0.4, -0.2) is 37.8 Å². The van der Waals surface area contributed by atoms with Crippen LogP contribution in [0.25, 0.3) is 11.3 Å². The van der Waals surface area contributed by atoms with Crippen LogP contribution in [-0.2, 0) is 0 Å². The molecule has 1 aromatic carbocycles. The minimum absolute atomic E-state index is 0.194. The molecule has 2 aromatic heterocycles. The van der Waals surface area contributed by atoms with Gasteiger partial charge in [0.1, 0.15) is 17.3 Å². The number of carbonyl (C=O) groups is 1. The molecule has 184 valence electrons. The smallest absolute Gasteiger partial charge is 0.276 e. The van der Waals surface area contributed by atoms with Crippen molar-refractivity contribution in [2.24, 2.45) is 5.92 Å². The molecule has 3 aromatic rings. The largest absolute Gasteiger partial charge is 0.397 e. The number of amides is 1. The zero-order chi connectivity index (χ0) is 25.5. The molecule has 1 fully saturated rings. The standard InChI is InChI=1S/C25H25F3N4O3/c1-12-8-13(9-20(33)25(12,2)35)14-6-7-30-11-19(14)31-24(34)23-18(29)10-17(28)22(32-23)21-15(26)4-3-5-16(21)27/h3-7,10-13,20,33,35H,8-9,29H2,1-2H3,(H,31,34)/t12-,13+,20+,25+/m0/s1. The summed E-state index contributed by atoms with van der Waals surface area (Å²) in [5.74, 6) is -4.40. The SMILES string of the molecule is C[C@H]1C[C@@H](c2ccncc2NC(=O)c2nc(-c3c(F)cccc3F)c(F)cc2N)C[C@@H](O)[C@]1(C)O. The average Bonchev–Trinajstić information content (AvgIpc) is 2.79. The van der Waals surface area contributed by atoms with E-state index in [-0.39, 0.29) is 23.9 Å². The van der Waals surface area contributed by atoms with Crippen LogP contribution in [0, 0.1) is 23.4 Å². The topological polar surface area (TPSA) is 121 Å². The van der Waals surface area contributed by atoms with E-state index in [1.165, 1.54) is 6.20 Å². The van der Waals surface area contributed by atoms with Crippen LogP contribution in [0.15, 0.2) is 42.7 Å². The molecule has 7 nitrogen and oxygen atoms in total. The minimum atomic E-state index is -1.24. The number of nitrogens with one attached hydrogen (secondary N) is 1. The molecule has 10 heteroatoms. The molecule has 1 aliphatic rings. The summed E-state index contributed by atoms with van der Waals surface area (Å²) in [6.45, 7) is 3.42. The van der Waals surface area contributed by atoms with Gasteiger partial charge < -0.3 is 21.3 Å². The molecule has 1 aliphatic carbocycles. The van der Waals surface area contributed by atoms with Gasteiger partial charge in [-0.3, -0.25) is 9.78 Å². The number of hydrogen-bond acceptors (Lipinski definition) is 6. The quantitative estimate of drug-likeness (QED) is 0.442. The van der Waals surface area contributed by atoms with Gasteiger partial charge in [-0.25, -0.2) is 18.2 Å². The summed E-state index contributed by atoms with van der Waals surface area (Å²) in [4.78, 5) is 21.0. The monoisotopic (exact) mass is 486 g/mol. The summed E-state index contributed by atoms with van der Waals surface area (Å²) in [5.41, 5.74) is 3.44. The number of nitrogens with two attached hydrogens (primary N) is 1. The van der Waals surface area contributed by atoms with E-state index in [2.05, 4.69) is 15.3 Å². The van der Waals surface area contributed by atoms with Crippen molar-refractivity contribution in [3.8, 4) is 11.3 Å². The summed E-state index contributed by atoms with van der Waals surface area (Å²) in [5, 5.41) is 23.6. The number of benzene rings is 1. The Labute approximate surface area is 199 Å². The highest BCUT2D eigenvalue weighted by Gasteiger charge is 2.43. The van der Waals surface area contributed by atoms with Gasteiger partial charge >= 0.3 is 0 Å². The first-order valence-electron chi connectivity index (χ1n) is 11.1. The van der Waals surface area contributed by atoms with Crippen molar-refractivity contribution in [2.75, 3.05) is 11.1 Å². The van der Waals surface area contributed by atoms with Gasteiger partial charge in [0.2, 0.25) is 0 Å². The number of aliphatic hydroxyl groups excluding tert-OH is 1. The molecule has 2 heterocycles. The predicted molar refractivity (Wildman–Crippen MR) is 124 cm³/mol. The van der Waals surface area contributed by atoms with E-state index in [0.717, 1.165) is 24.3 Å². The number of halogens is 3. The fourth-order valence-corrected chi connectivity index (χ4v) is 4.48. The van der Waals surface area contributed by atoms with Crippen molar-refractivity contribution in [2.45, 2.75) is 44.3 Å². The van der Waals surface area contributed by atoms with E-state index in [4.69, 9.17) is 5.73 Å². The van der Waals surface area contributed by atoms with Crippen LogP contribution in [0.2, 0.25) is 0 Å². The lowest BCUT2D eigenvalue weighted by molar-refractivity contribution is -0.123. The second-order valence-corrected chi connectivity index (χ2v) is 9.08. The number of rotatable bonds is 4. The average molecular weight is 486 g/mol. The lowest BCUT2D eigenvalue weighted by atomic mass is 9.69. The number of aliphatic hydroxyl groups is 2. The molecular weight excluding hydrogens is 461 g/mol. The Hall–Kier alpha value is -3.50. The van der Waals surface area contributed by atoms with Crippen molar-refractivity contribution in [1.82, 2.24) is 9.97 Å². The van der Waals surface area contributed by atoms with Gasteiger partial charge in [0.15, 0.2) is 11.5 Å². The van der Waals surface area contributed by atoms with Crippen LogP contribution in [0.4, 0.5) is 24.5 Å². The van der Waals surface area contributed by atoms with Gasteiger partial charge in [-0.15, -0.1) is 0 Å². The highest BCUT2D eigenvalue weighted by molar-refractivity contribution is 6.07. The van der Waals surface area contributed by atoms with Gasteiger partial charge in [0, 0.05) is 12.3 Å². The van der Waals surface area contributed by atoms with Gasteiger partial charge in [-0.2, -0.15) is 0 Å². The maximum atomic E-state index is 14.5. The van der Waals surface area contributed by atoms with E-state index in [1.54, 1.807) is 19.2 Å². The lowest BCUT2D eigenvalue weighted by Crippen LogP contribution is -2.49. The number of nitrogen functional groups attached to an aromatic ring is 1. The Morgan fingerprint density at radius 2 is 1.86 bits per heavy atom.